The topological polar surface area (TPSA) is 27.3 Å². The SMILES string of the molecule is c1ccc(CN2CCC(NC3CCCC3C3CCCCN3)CC2)cc1. The lowest BCUT2D eigenvalue weighted by Crippen LogP contribution is -2.51. The van der Waals surface area contributed by atoms with Crippen LogP contribution in [0.4, 0.5) is 0 Å². The van der Waals surface area contributed by atoms with E-state index in [0.717, 1.165) is 30.6 Å². The molecule has 3 fully saturated rings. The van der Waals surface area contributed by atoms with E-state index in [1.165, 1.54) is 76.6 Å². The molecule has 0 amide bonds. The summed E-state index contributed by atoms with van der Waals surface area (Å²) in [5, 5.41) is 7.90. The van der Waals surface area contributed by atoms with Crippen molar-refractivity contribution in [1.29, 1.82) is 0 Å². The molecule has 1 aromatic rings. The molecule has 0 radical (unpaired) electrons. The molecule has 25 heavy (non-hydrogen) atoms. The summed E-state index contributed by atoms with van der Waals surface area (Å²) >= 11 is 0. The molecular formula is C22H35N3. The predicted molar refractivity (Wildman–Crippen MR) is 105 cm³/mol. The molecule has 2 heterocycles. The Balaban J connectivity index is 1.24. The second kappa shape index (κ2) is 8.66. The van der Waals surface area contributed by atoms with Crippen molar-refractivity contribution in [2.45, 2.75) is 76.0 Å². The zero-order chi connectivity index (χ0) is 16.9. The number of hydrogen-bond donors (Lipinski definition) is 2. The number of nitrogens with one attached hydrogen (secondary N) is 2. The third kappa shape index (κ3) is 4.64. The van der Waals surface area contributed by atoms with Crippen molar-refractivity contribution in [3.63, 3.8) is 0 Å². The van der Waals surface area contributed by atoms with Gasteiger partial charge in [-0.15, -0.1) is 0 Å². The molecule has 0 aromatic heterocycles. The first-order valence-electron chi connectivity index (χ1n) is 10.6. The molecule has 138 valence electrons. The minimum absolute atomic E-state index is 0.737. The first kappa shape index (κ1) is 17.5. The normalized spacial score (nSPS) is 32.1. The number of likely N-dealkylation sites (tertiary alicyclic amines) is 1. The lowest BCUT2D eigenvalue weighted by molar-refractivity contribution is 0.170. The molecule has 0 bridgehead atoms. The van der Waals surface area contributed by atoms with Crippen LogP contribution in [0.1, 0.15) is 56.9 Å². The van der Waals surface area contributed by atoms with Gasteiger partial charge >= 0.3 is 0 Å². The van der Waals surface area contributed by atoms with E-state index in [0.29, 0.717) is 0 Å². The molecule has 3 heteroatoms. The fourth-order valence-electron chi connectivity index (χ4n) is 5.32. The first-order chi connectivity index (χ1) is 12.4. The number of hydrogen-bond acceptors (Lipinski definition) is 3. The van der Waals surface area contributed by atoms with Crippen molar-refractivity contribution in [2.75, 3.05) is 19.6 Å². The Hall–Kier alpha value is -0.900. The van der Waals surface area contributed by atoms with E-state index in [4.69, 9.17) is 0 Å². The van der Waals surface area contributed by atoms with Crippen LogP contribution in [-0.4, -0.2) is 42.7 Å². The standard InChI is InChI=1S/C22H35N3/c1-2-7-18(8-3-1)17-25-15-12-19(13-16-25)24-22-11-6-9-20(22)21-10-4-5-14-23-21/h1-3,7-8,19-24H,4-6,9-17H2. The maximum Gasteiger partial charge on any atom is 0.0233 e. The monoisotopic (exact) mass is 341 g/mol. The minimum Gasteiger partial charge on any atom is -0.314 e. The number of nitrogens with zero attached hydrogens (tertiary/aromatic N) is 1. The summed E-state index contributed by atoms with van der Waals surface area (Å²) in [6.07, 6.45) is 11.1. The van der Waals surface area contributed by atoms with Crippen LogP contribution in [0.3, 0.4) is 0 Å². The van der Waals surface area contributed by atoms with Crippen molar-refractivity contribution in [1.82, 2.24) is 15.5 Å². The second-order valence-corrected chi connectivity index (χ2v) is 8.46. The fraction of sp³-hybridized carbons (Fsp3) is 0.727. The Morgan fingerprint density at radius 2 is 1.76 bits per heavy atom. The summed E-state index contributed by atoms with van der Waals surface area (Å²) in [7, 11) is 0. The molecule has 1 aromatic carbocycles. The highest BCUT2D eigenvalue weighted by molar-refractivity contribution is 5.14. The van der Waals surface area contributed by atoms with Crippen LogP contribution < -0.4 is 10.6 Å². The molecular weight excluding hydrogens is 306 g/mol. The number of benzene rings is 1. The van der Waals surface area contributed by atoms with E-state index in [9.17, 15) is 0 Å². The summed E-state index contributed by atoms with van der Waals surface area (Å²) in [6, 6.07) is 13.2. The average Bonchev–Trinajstić information content (AvgIpc) is 3.13. The third-order valence-electron chi connectivity index (χ3n) is 6.72. The molecule has 3 aliphatic rings. The highest BCUT2D eigenvalue weighted by atomic mass is 15.1. The summed E-state index contributed by atoms with van der Waals surface area (Å²) in [5.41, 5.74) is 1.45. The van der Waals surface area contributed by atoms with Crippen LogP contribution in [0.5, 0.6) is 0 Å². The zero-order valence-corrected chi connectivity index (χ0v) is 15.6. The Kier molecular flexibility index (Phi) is 6.06. The van der Waals surface area contributed by atoms with Crippen molar-refractivity contribution < 1.29 is 0 Å². The smallest absolute Gasteiger partial charge is 0.0233 e. The minimum atomic E-state index is 0.737. The van der Waals surface area contributed by atoms with Gasteiger partial charge in [0.05, 0.1) is 0 Å². The van der Waals surface area contributed by atoms with E-state index in [-0.39, 0.29) is 0 Å². The predicted octanol–water partition coefficient (Wildman–Crippen LogP) is 3.55. The molecule has 3 nitrogen and oxygen atoms in total. The third-order valence-corrected chi connectivity index (χ3v) is 6.72. The van der Waals surface area contributed by atoms with Crippen LogP contribution in [0.2, 0.25) is 0 Å². The Morgan fingerprint density at radius 3 is 2.52 bits per heavy atom. The van der Waals surface area contributed by atoms with Crippen LogP contribution >= 0.6 is 0 Å². The Morgan fingerprint density at radius 1 is 0.920 bits per heavy atom. The maximum atomic E-state index is 4.08. The first-order valence-corrected chi connectivity index (χ1v) is 10.6. The lowest BCUT2D eigenvalue weighted by Gasteiger charge is -2.38. The zero-order valence-electron chi connectivity index (χ0n) is 15.6. The number of piperidine rings is 2. The largest absolute Gasteiger partial charge is 0.314 e. The van der Waals surface area contributed by atoms with Gasteiger partial charge in [0.15, 0.2) is 0 Å². The van der Waals surface area contributed by atoms with Crippen molar-refractivity contribution in [3.05, 3.63) is 35.9 Å². The van der Waals surface area contributed by atoms with E-state index in [2.05, 4.69) is 45.9 Å². The van der Waals surface area contributed by atoms with Crippen LogP contribution in [0.15, 0.2) is 30.3 Å². The highest BCUT2D eigenvalue weighted by Gasteiger charge is 2.35. The highest BCUT2D eigenvalue weighted by Crippen LogP contribution is 2.32. The van der Waals surface area contributed by atoms with Crippen LogP contribution in [0.25, 0.3) is 0 Å². The van der Waals surface area contributed by atoms with Gasteiger partial charge < -0.3 is 10.6 Å². The fourth-order valence-corrected chi connectivity index (χ4v) is 5.32. The summed E-state index contributed by atoms with van der Waals surface area (Å²) in [4.78, 5) is 2.63. The molecule has 2 N–H and O–H groups in total. The molecule has 4 rings (SSSR count). The lowest BCUT2D eigenvalue weighted by atomic mass is 9.87. The van der Waals surface area contributed by atoms with Crippen LogP contribution in [-0.2, 0) is 6.54 Å². The summed E-state index contributed by atoms with van der Waals surface area (Å²) in [6.45, 7) is 4.84. The van der Waals surface area contributed by atoms with E-state index < -0.39 is 0 Å². The van der Waals surface area contributed by atoms with Gasteiger partial charge in [-0.2, -0.15) is 0 Å². The van der Waals surface area contributed by atoms with Gasteiger partial charge in [-0.25, -0.2) is 0 Å². The Bertz CT molecular complexity index is 503. The van der Waals surface area contributed by atoms with Gasteiger partial charge in [0.25, 0.3) is 0 Å². The van der Waals surface area contributed by atoms with E-state index >= 15 is 0 Å². The Labute approximate surface area is 153 Å². The maximum absolute atomic E-state index is 4.08. The van der Waals surface area contributed by atoms with E-state index in [1.807, 2.05) is 0 Å². The molecule has 2 aliphatic heterocycles. The van der Waals surface area contributed by atoms with E-state index in [1.54, 1.807) is 0 Å². The van der Waals surface area contributed by atoms with Crippen molar-refractivity contribution in [3.8, 4) is 0 Å². The molecule has 0 spiro atoms. The molecule has 1 saturated carbocycles. The summed E-state index contributed by atoms with van der Waals surface area (Å²) < 4.78 is 0. The van der Waals surface area contributed by atoms with Crippen molar-refractivity contribution in [2.24, 2.45) is 5.92 Å². The molecule has 3 unspecified atom stereocenters. The van der Waals surface area contributed by atoms with Gasteiger partial charge in [0, 0.05) is 24.7 Å². The van der Waals surface area contributed by atoms with Crippen LogP contribution in [0, 0.1) is 5.92 Å². The summed E-state index contributed by atoms with van der Waals surface area (Å²) in [5.74, 6) is 0.877. The van der Waals surface area contributed by atoms with Gasteiger partial charge in [-0.3, -0.25) is 4.90 Å². The molecule has 2 saturated heterocycles. The average molecular weight is 342 g/mol. The van der Waals surface area contributed by atoms with Gasteiger partial charge in [0.1, 0.15) is 0 Å². The van der Waals surface area contributed by atoms with Gasteiger partial charge in [0.2, 0.25) is 0 Å². The van der Waals surface area contributed by atoms with Crippen molar-refractivity contribution >= 4 is 0 Å². The molecule has 1 aliphatic carbocycles. The van der Waals surface area contributed by atoms with Gasteiger partial charge in [-0.1, -0.05) is 43.2 Å². The molecule has 3 atom stereocenters. The quantitative estimate of drug-likeness (QED) is 0.858. The second-order valence-electron chi connectivity index (χ2n) is 8.46. The van der Waals surface area contributed by atoms with Gasteiger partial charge in [-0.05, 0) is 69.6 Å². The number of rotatable bonds is 5.